The molecule has 2 aliphatic heterocycles. The molecule has 1 aromatic carbocycles. The lowest BCUT2D eigenvalue weighted by atomic mass is 10.0. The Hall–Kier alpha value is -0.290. The van der Waals surface area contributed by atoms with Crippen molar-refractivity contribution in [1.82, 2.24) is 10.2 Å². The fourth-order valence-electron chi connectivity index (χ4n) is 2.83. The van der Waals surface area contributed by atoms with E-state index in [1.165, 1.54) is 0 Å². The highest BCUT2D eigenvalue weighted by molar-refractivity contribution is 9.10. The Morgan fingerprint density at radius 1 is 1.32 bits per heavy atom. The maximum absolute atomic E-state index is 12.4. The van der Waals surface area contributed by atoms with Crippen molar-refractivity contribution in [2.45, 2.75) is 0 Å². The Bertz CT molecular complexity index is 486. The molecule has 19 heavy (non-hydrogen) atoms. The van der Waals surface area contributed by atoms with Gasteiger partial charge in [0.15, 0.2) is 0 Å². The van der Waals surface area contributed by atoms with Crippen LogP contribution in [0.2, 0.25) is 5.02 Å². The Balaban J connectivity index is 0.00000133. The van der Waals surface area contributed by atoms with Gasteiger partial charge in [0.1, 0.15) is 0 Å². The zero-order valence-corrected chi connectivity index (χ0v) is 13.4. The summed E-state index contributed by atoms with van der Waals surface area (Å²) in [5, 5.41) is 3.96. The smallest absolute Gasteiger partial charge is 0.253 e. The van der Waals surface area contributed by atoms with Crippen molar-refractivity contribution in [3.8, 4) is 0 Å². The molecule has 0 bridgehead atoms. The third kappa shape index (κ3) is 2.92. The highest BCUT2D eigenvalue weighted by Crippen LogP contribution is 2.29. The van der Waals surface area contributed by atoms with Gasteiger partial charge >= 0.3 is 0 Å². The van der Waals surface area contributed by atoms with Crippen molar-refractivity contribution in [3.63, 3.8) is 0 Å². The first-order valence-corrected chi connectivity index (χ1v) is 7.27. The number of amides is 1. The number of carbonyl (C=O) groups is 1. The van der Waals surface area contributed by atoms with Crippen LogP contribution in [0.25, 0.3) is 0 Å². The molecule has 2 fully saturated rings. The molecule has 6 heteroatoms. The Morgan fingerprint density at radius 3 is 2.53 bits per heavy atom. The summed E-state index contributed by atoms with van der Waals surface area (Å²) in [6.45, 7) is 3.81. The second-order valence-electron chi connectivity index (χ2n) is 5.02. The summed E-state index contributed by atoms with van der Waals surface area (Å²) < 4.78 is 0.822. The second-order valence-corrected chi connectivity index (χ2v) is 6.28. The number of nitrogens with one attached hydrogen (secondary N) is 1. The maximum Gasteiger partial charge on any atom is 0.253 e. The molecule has 1 amide bonds. The standard InChI is InChI=1S/C13H14BrClN2O.ClH/c14-11-2-1-8(3-12(11)15)13(18)17-6-9-4-16-5-10(9)7-17;/h1-3,9-10,16H,4-7H2;1H/t9-,10+;. The fourth-order valence-corrected chi connectivity index (χ4v) is 3.26. The van der Waals surface area contributed by atoms with Gasteiger partial charge in [-0.2, -0.15) is 0 Å². The zero-order valence-electron chi connectivity index (χ0n) is 10.2. The van der Waals surface area contributed by atoms with E-state index >= 15 is 0 Å². The molecule has 0 spiro atoms. The molecule has 2 aliphatic rings. The van der Waals surface area contributed by atoms with Gasteiger partial charge in [-0.25, -0.2) is 0 Å². The molecule has 2 atom stereocenters. The summed E-state index contributed by atoms with van der Waals surface area (Å²) in [5.74, 6) is 1.35. The van der Waals surface area contributed by atoms with E-state index in [1.807, 2.05) is 17.0 Å². The molecule has 104 valence electrons. The van der Waals surface area contributed by atoms with Gasteiger partial charge in [0, 0.05) is 36.2 Å². The van der Waals surface area contributed by atoms with Gasteiger partial charge in [-0.3, -0.25) is 4.79 Å². The minimum Gasteiger partial charge on any atom is -0.338 e. The number of hydrogen-bond acceptors (Lipinski definition) is 2. The van der Waals surface area contributed by atoms with Crippen LogP contribution in [0.1, 0.15) is 10.4 Å². The van der Waals surface area contributed by atoms with Gasteiger partial charge in [0.05, 0.1) is 5.02 Å². The first-order valence-electron chi connectivity index (χ1n) is 6.10. The molecular weight excluding hydrogens is 351 g/mol. The van der Waals surface area contributed by atoms with Crippen LogP contribution in [-0.2, 0) is 0 Å². The van der Waals surface area contributed by atoms with E-state index in [0.717, 1.165) is 30.7 Å². The lowest BCUT2D eigenvalue weighted by Crippen LogP contribution is -2.31. The van der Waals surface area contributed by atoms with E-state index in [1.54, 1.807) is 6.07 Å². The molecule has 2 heterocycles. The molecule has 2 saturated heterocycles. The minimum atomic E-state index is 0. The molecule has 0 aromatic heterocycles. The van der Waals surface area contributed by atoms with E-state index in [9.17, 15) is 4.79 Å². The van der Waals surface area contributed by atoms with E-state index < -0.39 is 0 Å². The molecule has 0 unspecified atom stereocenters. The van der Waals surface area contributed by atoms with Gasteiger partial charge in [0.25, 0.3) is 5.91 Å². The van der Waals surface area contributed by atoms with Gasteiger partial charge in [-0.1, -0.05) is 11.6 Å². The van der Waals surface area contributed by atoms with E-state index in [0.29, 0.717) is 22.4 Å². The molecule has 1 aromatic rings. The van der Waals surface area contributed by atoms with E-state index in [2.05, 4.69) is 21.2 Å². The number of benzene rings is 1. The summed E-state index contributed by atoms with van der Waals surface area (Å²) >= 11 is 9.37. The van der Waals surface area contributed by atoms with Gasteiger partial charge in [-0.05, 0) is 46.0 Å². The van der Waals surface area contributed by atoms with Crippen LogP contribution in [0, 0.1) is 11.8 Å². The minimum absolute atomic E-state index is 0. The number of hydrogen-bond donors (Lipinski definition) is 1. The van der Waals surface area contributed by atoms with Crippen LogP contribution < -0.4 is 5.32 Å². The van der Waals surface area contributed by atoms with Crippen molar-refractivity contribution < 1.29 is 4.79 Å². The maximum atomic E-state index is 12.4. The number of fused-ring (bicyclic) bond motifs is 1. The molecule has 0 aliphatic carbocycles. The van der Waals surface area contributed by atoms with Gasteiger partial charge in [0.2, 0.25) is 0 Å². The normalized spacial score (nSPS) is 25.1. The summed E-state index contributed by atoms with van der Waals surface area (Å²) in [7, 11) is 0. The predicted octanol–water partition coefficient (Wildman–Crippen LogP) is 2.82. The summed E-state index contributed by atoms with van der Waals surface area (Å²) in [4.78, 5) is 14.3. The summed E-state index contributed by atoms with van der Waals surface area (Å²) in [5.41, 5.74) is 0.677. The van der Waals surface area contributed by atoms with Crippen molar-refractivity contribution in [1.29, 1.82) is 0 Å². The first kappa shape index (κ1) is 15.1. The molecule has 3 nitrogen and oxygen atoms in total. The molecule has 0 saturated carbocycles. The van der Waals surface area contributed by atoms with Crippen molar-refractivity contribution in [2.75, 3.05) is 26.2 Å². The largest absolute Gasteiger partial charge is 0.338 e. The number of carbonyl (C=O) groups excluding carboxylic acids is 1. The predicted molar refractivity (Wildman–Crippen MR) is 82.2 cm³/mol. The molecule has 1 N–H and O–H groups in total. The Morgan fingerprint density at radius 2 is 1.95 bits per heavy atom. The van der Waals surface area contributed by atoms with Crippen LogP contribution in [-0.4, -0.2) is 37.0 Å². The molecular formula is C13H15BrCl2N2O. The van der Waals surface area contributed by atoms with Crippen molar-refractivity contribution >= 4 is 45.8 Å². The summed E-state index contributed by atoms with van der Waals surface area (Å²) in [6.07, 6.45) is 0. The Kier molecular flexibility index (Phi) is 4.77. The van der Waals surface area contributed by atoms with Crippen molar-refractivity contribution in [3.05, 3.63) is 33.3 Å². The number of halogens is 3. The summed E-state index contributed by atoms with van der Waals surface area (Å²) in [6, 6.07) is 5.39. The third-order valence-electron chi connectivity index (χ3n) is 3.84. The highest BCUT2D eigenvalue weighted by atomic mass is 79.9. The SMILES string of the molecule is Cl.O=C(c1ccc(Br)c(Cl)c1)N1C[C@H]2CNC[C@H]2C1. The Labute approximate surface area is 132 Å². The second kappa shape index (κ2) is 6.00. The monoisotopic (exact) mass is 364 g/mol. The van der Waals surface area contributed by atoms with Crippen LogP contribution >= 0.6 is 39.9 Å². The van der Waals surface area contributed by atoms with Crippen LogP contribution in [0.15, 0.2) is 22.7 Å². The molecule has 0 radical (unpaired) electrons. The van der Waals surface area contributed by atoms with E-state index in [4.69, 9.17) is 11.6 Å². The van der Waals surface area contributed by atoms with Crippen molar-refractivity contribution in [2.24, 2.45) is 11.8 Å². The first-order chi connectivity index (χ1) is 8.65. The quantitative estimate of drug-likeness (QED) is 0.829. The highest BCUT2D eigenvalue weighted by Gasteiger charge is 2.38. The number of nitrogens with zero attached hydrogens (tertiary/aromatic N) is 1. The van der Waals surface area contributed by atoms with E-state index in [-0.39, 0.29) is 18.3 Å². The topological polar surface area (TPSA) is 32.3 Å². The van der Waals surface area contributed by atoms with Gasteiger partial charge < -0.3 is 10.2 Å². The fraction of sp³-hybridized carbons (Fsp3) is 0.462. The zero-order chi connectivity index (χ0) is 12.7. The van der Waals surface area contributed by atoms with Crippen LogP contribution in [0.5, 0.6) is 0 Å². The lowest BCUT2D eigenvalue weighted by Gasteiger charge is -2.17. The number of rotatable bonds is 1. The average Bonchev–Trinajstić information content (AvgIpc) is 2.92. The number of likely N-dealkylation sites (tertiary alicyclic amines) is 1. The molecule has 3 rings (SSSR count). The van der Waals surface area contributed by atoms with Crippen LogP contribution in [0.4, 0.5) is 0 Å². The third-order valence-corrected chi connectivity index (χ3v) is 5.08. The van der Waals surface area contributed by atoms with Crippen LogP contribution in [0.3, 0.4) is 0 Å². The van der Waals surface area contributed by atoms with Gasteiger partial charge in [-0.15, -0.1) is 12.4 Å². The lowest BCUT2D eigenvalue weighted by molar-refractivity contribution is 0.0781. The average molecular weight is 366 g/mol.